The van der Waals surface area contributed by atoms with Crippen molar-refractivity contribution >= 4 is 5.97 Å². The Morgan fingerprint density at radius 3 is 2.75 bits per heavy atom. The van der Waals surface area contributed by atoms with Gasteiger partial charge in [0.15, 0.2) is 0 Å². The molecule has 4 heteroatoms. The average molecular weight is 277 g/mol. The Morgan fingerprint density at radius 1 is 1.45 bits per heavy atom. The van der Waals surface area contributed by atoms with Gasteiger partial charge in [-0.3, -0.25) is 5.32 Å². The molecule has 1 heterocycles. The molecule has 1 aromatic rings. The molecule has 0 saturated carbocycles. The van der Waals surface area contributed by atoms with Gasteiger partial charge in [-0.05, 0) is 24.8 Å². The smallest absolute Gasteiger partial charge is 0.328 e. The van der Waals surface area contributed by atoms with Crippen LogP contribution in [0.2, 0.25) is 0 Å². The van der Waals surface area contributed by atoms with Crippen molar-refractivity contribution in [3.05, 3.63) is 35.9 Å². The molecular formula is C16H23NO3. The summed E-state index contributed by atoms with van der Waals surface area (Å²) in [4.78, 5) is 11.9. The van der Waals surface area contributed by atoms with Gasteiger partial charge in [0.1, 0.15) is 5.54 Å². The fourth-order valence-electron chi connectivity index (χ4n) is 2.83. The van der Waals surface area contributed by atoms with E-state index in [1.807, 2.05) is 37.3 Å². The Hall–Kier alpha value is -1.39. The fourth-order valence-corrected chi connectivity index (χ4v) is 2.83. The molecule has 0 amide bonds. The lowest BCUT2D eigenvalue weighted by atomic mass is 9.85. The summed E-state index contributed by atoms with van der Waals surface area (Å²) >= 11 is 0. The fraction of sp³-hybridized carbons (Fsp3) is 0.562. The van der Waals surface area contributed by atoms with Gasteiger partial charge in [-0.2, -0.15) is 0 Å². The topological polar surface area (TPSA) is 58.6 Å². The zero-order valence-corrected chi connectivity index (χ0v) is 12.0. The molecule has 1 aliphatic rings. The molecule has 110 valence electrons. The van der Waals surface area contributed by atoms with Gasteiger partial charge in [0.2, 0.25) is 0 Å². The molecule has 0 spiro atoms. The highest BCUT2D eigenvalue weighted by Gasteiger charge is 2.39. The number of nitrogens with one attached hydrogen (secondary N) is 1. The van der Waals surface area contributed by atoms with Crippen molar-refractivity contribution in [3.63, 3.8) is 0 Å². The lowest BCUT2D eigenvalue weighted by Crippen LogP contribution is -2.51. The normalized spacial score (nSPS) is 21.6. The summed E-state index contributed by atoms with van der Waals surface area (Å²) in [5.41, 5.74) is -0.200. The van der Waals surface area contributed by atoms with Crippen LogP contribution in [-0.2, 0) is 15.1 Å². The minimum absolute atomic E-state index is 0.134. The van der Waals surface area contributed by atoms with Crippen LogP contribution in [0, 0.1) is 0 Å². The predicted molar refractivity (Wildman–Crippen MR) is 77.6 cm³/mol. The Morgan fingerprint density at radius 2 is 2.20 bits per heavy atom. The lowest BCUT2D eigenvalue weighted by Gasteiger charge is -2.32. The average Bonchev–Trinajstić information content (AvgIpc) is 2.97. The predicted octanol–water partition coefficient (Wildman–Crippen LogP) is 2.54. The first-order valence-electron chi connectivity index (χ1n) is 7.34. The largest absolute Gasteiger partial charge is 0.480 e. The lowest BCUT2D eigenvalue weighted by molar-refractivity contribution is -0.146. The van der Waals surface area contributed by atoms with Gasteiger partial charge in [0.05, 0.1) is 6.10 Å². The number of hydrogen-bond donors (Lipinski definition) is 2. The summed E-state index contributed by atoms with van der Waals surface area (Å²) < 4.78 is 5.59. The Balaban J connectivity index is 2.19. The highest BCUT2D eigenvalue weighted by molar-refractivity contribution is 5.80. The van der Waals surface area contributed by atoms with E-state index in [2.05, 4.69) is 5.32 Å². The van der Waals surface area contributed by atoms with Crippen molar-refractivity contribution < 1.29 is 14.6 Å². The van der Waals surface area contributed by atoms with Crippen LogP contribution < -0.4 is 5.32 Å². The highest BCUT2D eigenvalue weighted by atomic mass is 16.5. The van der Waals surface area contributed by atoms with E-state index in [1.54, 1.807) is 0 Å². The molecule has 4 nitrogen and oxygen atoms in total. The quantitative estimate of drug-likeness (QED) is 0.804. The molecule has 2 unspecified atom stereocenters. The zero-order valence-electron chi connectivity index (χ0n) is 12.0. The molecule has 1 fully saturated rings. The van der Waals surface area contributed by atoms with Crippen molar-refractivity contribution in [2.75, 3.05) is 13.2 Å². The molecule has 2 rings (SSSR count). The molecule has 1 aromatic carbocycles. The molecule has 2 atom stereocenters. The summed E-state index contributed by atoms with van der Waals surface area (Å²) in [7, 11) is 0. The van der Waals surface area contributed by atoms with E-state index in [-0.39, 0.29) is 6.10 Å². The van der Waals surface area contributed by atoms with Gasteiger partial charge in [0, 0.05) is 13.2 Å². The number of ether oxygens (including phenoxy) is 1. The van der Waals surface area contributed by atoms with E-state index in [4.69, 9.17) is 4.74 Å². The Kier molecular flexibility index (Phi) is 5.15. The first kappa shape index (κ1) is 15.0. The van der Waals surface area contributed by atoms with E-state index < -0.39 is 11.5 Å². The maximum atomic E-state index is 11.9. The van der Waals surface area contributed by atoms with Crippen LogP contribution in [0.15, 0.2) is 30.3 Å². The summed E-state index contributed by atoms with van der Waals surface area (Å²) in [5, 5.41) is 13.0. The molecule has 0 aromatic heterocycles. The molecule has 0 bridgehead atoms. The molecule has 0 aliphatic carbocycles. The number of benzene rings is 1. The van der Waals surface area contributed by atoms with Crippen LogP contribution in [0.1, 0.15) is 38.2 Å². The maximum absolute atomic E-state index is 11.9. The molecule has 2 N–H and O–H groups in total. The summed E-state index contributed by atoms with van der Waals surface area (Å²) in [6.45, 7) is 3.38. The van der Waals surface area contributed by atoms with Gasteiger partial charge >= 0.3 is 5.97 Å². The Bertz CT molecular complexity index is 429. The van der Waals surface area contributed by atoms with E-state index in [9.17, 15) is 9.90 Å². The molecule has 1 saturated heterocycles. The SMILES string of the molecule is CCCC(NCC1CCCO1)(C(=O)O)c1ccccc1. The van der Waals surface area contributed by atoms with E-state index >= 15 is 0 Å². The van der Waals surface area contributed by atoms with Crippen molar-refractivity contribution in [2.45, 2.75) is 44.2 Å². The second-order valence-corrected chi connectivity index (χ2v) is 5.34. The molecular weight excluding hydrogens is 254 g/mol. The number of hydrogen-bond acceptors (Lipinski definition) is 3. The summed E-state index contributed by atoms with van der Waals surface area (Å²) in [6.07, 6.45) is 3.57. The van der Waals surface area contributed by atoms with Crippen molar-refractivity contribution in [3.8, 4) is 0 Å². The van der Waals surface area contributed by atoms with Crippen LogP contribution in [0.25, 0.3) is 0 Å². The van der Waals surface area contributed by atoms with Gasteiger partial charge in [0.25, 0.3) is 0 Å². The minimum atomic E-state index is -1.01. The molecule has 20 heavy (non-hydrogen) atoms. The second kappa shape index (κ2) is 6.86. The first-order valence-corrected chi connectivity index (χ1v) is 7.34. The first-order chi connectivity index (χ1) is 9.69. The van der Waals surface area contributed by atoms with Crippen LogP contribution in [-0.4, -0.2) is 30.3 Å². The minimum Gasteiger partial charge on any atom is -0.480 e. The van der Waals surface area contributed by atoms with Crippen molar-refractivity contribution in [1.82, 2.24) is 5.32 Å². The third kappa shape index (κ3) is 3.19. The third-order valence-corrected chi connectivity index (χ3v) is 3.91. The van der Waals surface area contributed by atoms with Gasteiger partial charge in [-0.1, -0.05) is 43.7 Å². The number of carbonyl (C=O) groups is 1. The van der Waals surface area contributed by atoms with Crippen LogP contribution >= 0.6 is 0 Å². The monoisotopic (exact) mass is 277 g/mol. The number of carboxylic acid groups (broad SMARTS) is 1. The number of rotatable bonds is 7. The van der Waals surface area contributed by atoms with Crippen LogP contribution in [0.3, 0.4) is 0 Å². The molecule has 0 radical (unpaired) electrons. The van der Waals surface area contributed by atoms with Crippen LogP contribution in [0.5, 0.6) is 0 Å². The van der Waals surface area contributed by atoms with Crippen LogP contribution in [0.4, 0.5) is 0 Å². The third-order valence-electron chi connectivity index (χ3n) is 3.91. The highest BCUT2D eigenvalue weighted by Crippen LogP contribution is 2.28. The van der Waals surface area contributed by atoms with E-state index in [1.165, 1.54) is 0 Å². The number of carboxylic acids is 1. The second-order valence-electron chi connectivity index (χ2n) is 5.34. The van der Waals surface area contributed by atoms with E-state index in [0.29, 0.717) is 13.0 Å². The van der Waals surface area contributed by atoms with E-state index in [0.717, 1.165) is 31.4 Å². The van der Waals surface area contributed by atoms with Gasteiger partial charge < -0.3 is 9.84 Å². The summed E-state index contributed by atoms with van der Waals surface area (Å²) in [5.74, 6) is -0.816. The van der Waals surface area contributed by atoms with Gasteiger partial charge in [-0.15, -0.1) is 0 Å². The van der Waals surface area contributed by atoms with Crippen molar-refractivity contribution in [2.24, 2.45) is 0 Å². The standard InChI is InChI=1S/C16H23NO3/c1-2-10-16(15(18)19,13-7-4-3-5-8-13)17-12-14-9-6-11-20-14/h3-5,7-8,14,17H,2,6,9-12H2,1H3,(H,18,19). The zero-order chi connectivity index (χ0) is 14.4. The Labute approximate surface area is 120 Å². The molecule has 1 aliphatic heterocycles. The summed E-state index contributed by atoms with van der Waals surface area (Å²) in [6, 6.07) is 9.44. The maximum Gasteiger partial charge on any atom is 0.328 e. The van der Waals surface area contributed by atoms with Crippen molar-refractivity contribution in [1.29, 1.82) is 0 Å². The number of aliphatic carboxylic acids is 1. The van der Waals surface area contributed by atoms with Gasteiger partial charge in [-0.25, -0.2) is 4.79 Å².